The molecule has 0 saturated carbocycles. The van der Waals surface area contributed by atoms with Gasteiger partial charge in [-0.05, 0) is 58.2 Å². The lowest BCUT2D eigenvalue weighted by Crippen LogP contribution is -2.28. The highest BCUT2D eigenvalue weighted by Gasteiger charge is 2.19. The van der Waals surface area contributed by atoms with Crippen molar-refractivity contribution in [3.05, 3.63) is 36.5 Å². The predicted octanol–water partition coefficient (Wildman–Crippen LogP) is 6.56. The van der Waals surface area contributed by atoms with Crippen LogP contribution in [-0.4, -0.2) is 14.3 Å². The lowest BCUT2D eigenvalue weighted by Gasteiger charge is -2.17. The predicted molar refractivity (Wildman–Crippen MR) is 104 cm³/mol. The minimum absolute atomic E-state index is 0.00960. The molecule has 0 saturated heterocycles. The van der Waals surface area contributed by atoms with Gasteiger partial charge in [0.1, 0.15) is 0 Å². The molecule has 0 atom stereocenters. The van der Waals surface area contributed by atoms with Gasteiger partial charge in [-0.1, -0.05) is 56.2 Å². The van der Waals surface area contributed by atoms with E-state index in [1.807, 2.05) is 19.6 Å². The molecule has 0 unspecified atom stereocenters. The molecule has 0 aliphatic rings. The summed E-state index contributed by atoms with van der Waals surface area (Å²) in [6.07, 6.45) is 22.8. The first kappa shape index (κ1) is 21.9. The van der Waals surface area contributed by atoms with Gasteiger partial charge < -0.3 is 4.43 Å². The highest BCUT2D eigenvalue weighted by Crippen LogP contribution is 2.10. The van der Waals surface area contributed by atoms with Crippen molar-refractivity contribution in [3.8, 4) is 0 Å². The Hall–Kier alpha value is -1.09. The van der Waals surface area contributed by atoms with E-state index in [1.165, 1.54) is 12.8 Å². The molecule has 0 bridgehead atoms. The van der Waals surface area contributed by atoms with Crippen LogP contribution in [-0.2, 0) is 9.22 Å². The average molecular weight is 337 g/mol. The molecule has 0 radical (unpaired) electrons. The third-order valence-electron chi connectivity index (χ3n) is 3.20. The lowest BCUT2D eigenvalue weighted by molar-refractivity contribution is -0.135. The summed E-state index contributed by atoms with van der Waals surface area (Å²) in [5.41, 5.74) is 0. The van der Waals surface area contributed by atoms with Crippen LogP contribution in [0.15, 0.2) is 36.5 Å². The Bertz CT molecular complexity index is 376. The molecule has 2 nitrogen and oxygen atoms in total. The van der Waals surface area contributed by atoms with Crippen LogP contribution in [0.2, 0.25) is 19.6 Å². The van der Waals surface area contributed by atoms with Crippen molar-refractivity contribution >= 4 is 14.3 Å². The van der Waals surface area contributed by atoms with Crippen LogP contribution in [0.5, 0.6) is 0 Å². The smallest absolute Gasteiger partial charge is 0.292 e. The topological polar surface area (TPSA) is 26.3 Å². The summed E-state index contributed by atoms with van der Waals surface area (Å²) in [7, 11) is -1.70. The molecule has 0 fully saturated rings. The van der Waals surface area contributed by atoms with E-state index >= 15 is 0 Å². The molecule has 23 heavy (non-hydrogen) atoms. The van der Waals surface area contributed by atoms with Crippen LogP contribution in [0.25, 0.3) is 0 Å². The van der Waals surface area contributed by atoms with Gasteiger partial charge in [-0.25, -0.2) is 0 Å². The maximum Gasteiger partial charge on any atom is 0.292 e. The van der Waals surface area contributed by atoms with Crippen molar-refractivity contribution in [1.82, 2.24) is 0 Å². The van der Waals surface area contributed by atoms with Gasteiger partial charge in [0.05, 0.1) is 0 Å². The molecule has 0 heterocycles. The van der Waals surface area contributed by atoms with Crippen LogP contribution in [0.4, 0.5) is 0 Å². The fraction of sp³-hybridized carbons (Fsp3) is 0.650. The van der Waals surface area contributed by atoms with Crippen molar-refractivity contribution in [2.24, 2.45) is 0 Å². The first-order valence-corrected chi connectivity index (χ1v) is 12.5. The number of unbranched alkanes of at least 4 members (excludes halogenated alkanes) is 4. The molecule has 0 aromatic heterocycles. The number of allylic oxidation sites excluding steroid dienone is 6. The Morgan fingerprint density at radius 1 is 0.826 bits per heavy atom. The van der Waals surface area contributed by atoms with Gasteiger partial charge in [-0.3, -0.25) is 4.79 Å². The third kappa shape index (κ3) is 18.9. The van der Waals surface area contributed by atoms with Gasteiger partial charge in [-0.2, -0.15) is 0 Å². The van der Waals surface area contributed by atoms with Crippen LogP contribution in [0.3, 0.4) is 0 Å². The van der Waals surface area contributed by atoms with Gasteiger partial charge in [0.25, 0.3) is 5.97 Å². The number of carbonyl (C=O) groups is 1. The fourth-order valence-corrected chi connectivity index (χ4v) is 2.89. The van der Waals surface area contributed by atoms with E-state index in [0.717, 1.165) is 38.5 Å². The van der Waals surface area contributed by atoms with E-state index in [9.17, 15) is 4.79 Å². The molecule has 0 rings (SSSR count). The molecule has 0 spiro atoms. The van der Waals surface area contributed by atoms with E-state index in [-0.39, 0.29) is 5.97 Å². The molecule has 0 aromatic rings. The van der Waals surface area contributed by atoms with E-state index in [1.54, 1.807) is 0 Å². The molecule has 3 heteroatoms. The van der Waals surface area contributed by atoms with Gasteiger partial charge in [0, 0.05) is 6.42 Å². The first-order chi connectivity index (χ1) is 11.0. The van der Waals surface area contributed by atoms with Gasteiger partial charge in [0.2, 0.25) is 8.32 Å². The van der Waals surface area contributed by atoms with Crippen molar-refractivity contribution in [3.63, 3.8) is 0 Å². The van der Waals surface area contributed by atoms with Crippen LogP contribution < -0.4 is 0 Å². The molecular weight excluding hydrogens is 300 g/mol. The standard InChI is InChI=1S/C20H36O2Si/c1-5-6-7-8-9-10-11-12-13-14-15-16-17-18-19-20(21)22-23(2,3)4/h6-7,9-10,12-13H,5,8,11,14-19H2,1-4H3/b7-6-,10-9-,13-12-. The Kier molecular flexibility index (Phi) is 13.8. The Morgan fingerprint density at radius 3 is 2.00 bits per heavy atom. The summed E-state index contributed by atoms with van der Waals surface area (Å²) < 4.78 is 5.43. The molecule has 132 valence electrons. The Labute approximate surface area is 144 Å². The summed E-state index contributed by atoms with van der Waals surface area (Å²) in [5, 5.41) is 0. The summed E-state index contributed by atoms with van der Waals surface area (Å²) >= 11 is 0. The van der Waals surface area contributed by atoms with Crippen molar-refractivity contribution in [1.29, 1.82) is 0 Å². The number of hydrogen-bond acceptors (Lipinski definition) is 2. The van der Waals surface area contributed by atoms with Crippen molar-refractivity contribution in [2.45, 2.75) is 84.4 Å². The maximum atomic E-state index is 11.6. The quantitative estimate of drug-likeness (QED) is 0.216. The van der Waals surface area contributed by atoms with Gasteiger partial charge >= 0.3 is 0 Å². The van der Waals surface area contributed by atoms with E-state index in [0.29, 0.717) is 6.42 Å². The Morgan fingerprint density at radius 2 is 1.39 bits per heavy atom. The number of carbonyl (C=O) groups excluding carboxylic acids is 1. The monoisotopic (exact) mass is 336 g/mol. The normalized spacial score (nSPS) is 12.7. The molecule has 0 amide bonds. The van der Waals surface area contributed by atoms with E-state index in [2.05, 4.69) is 43.4 Å². The molecule has 0 aliphatic carbocycles. The fourth-order valence-electron chi connectivity index (χ4n) is 2.10. The highest BCUT2D eigenvalue weighted by atomic mass is 28.4. The molecular formula is C20H36O2Si. The summed E-state index contributed by atoms with van der Waals surface area (Å²) in [6, 6.07) is 0. The zero-order valence-corrected chi connectivity index (χ0v) is 16.6. The first-order valence-electron chi connectivity index (χ1n) is 9.12. The third-order valence-corrected chi connectivity index (χ3v) is 4.04. The van der Waals surface area contributed by atoms with Crippen LogP contribution in [0.1, 0.15) is 64.7 Å². The SMILES string of the molecule is CC/C=C\C/C=C\C/C=C\CCCCCCC(=O)O[Si](C)(C)C. The second-order valence-electron chi connectivity index (χ2n) is 6.83. The van der Waals surface area contributed by atoms with Crippen molar-refractivity contribution < 1.29 is 9.22 Å². The Balaban J connectivity index is 3.40. The summed E-state index contributed by atoms with van der Waals surface area (Å²) in [4.78, 5) is 11.6. The minimum Gasteiger partial charge on any atom is -0.520 e. The van der Waals surface area contributed by atoms with E-state index < -0.39 is 8.32 Å². The van der Waals surface area contributed by atoms with Crippen molar-refractivity contribution in [2.75, 3.05) is 0 Å². The lowest BCUT2D eigenvalue weighted by atomic mass is 10.1. The number of hydrogen-bond donors (Lipinski definition) is 0. The van der Waals surface area contributed by atoms with Crippen LogP contribution in [0, 0.1) is 0 Å². The summed E-state index contributed by atoms with van der Waals surface area (Å²) in [6.45, 7) is 8.30. The highest BCUT2D eigenvalue weighted by molar-refractivity contribution is 6.71. The maximum absolute atomic E-state index is 11.6. The van der Waals surface area contributed by atoms with Gasteiger partial charge in [0.15, 0.2) is 0 Å². The molecule has 0 N–H and O–H groups in total. The van der Waals surface area contributed by atoms with Crippen LogP contribution >= 0.6 is 0 Å². The zero-order chi connectivity index (χ0) is 17.4. The van der Waals surface area contributed by atoms with E-state index in [4.69, 9.17) is 4.43 Å². The second kappa shape index (κ2) is 14.5. The molecule has 0 aliphatic heterocycles. The second-order valence-corrected chi connectivity index (χ2v) is 11.3. The average Bonchev–Trinajstić information content (AvgIpc) is 2.46. The number of rotatable bonds is 13. The van der Waals surface area contributed by atoms with Gasteiger partial charge in [-0.15, -0.1) is 0 Å². The molecule has 0 aromatic carbocycles. The largest absolute Gasteiger partial charge is 0.520 e. The zero-order valence-electron chi connectivity index (χ0n) is 15.6. The minimum atomic E-state index is -1.70. The summed E-state index contributed by atoms with van der Waals surface area (Å²) in [5.74, 6) is -0.00960.